The van der Waals surface area contributed by atoms with Gasteiger partial charge in [-0.1, -0.05) is 23.7 Å². The van der Waals surface area contributed by atoms with Gasteiger partial charge in [0.15, 0.2) is 0 Å². The quantitative estimate of drug-likeness (QED) is 0.824. The first-order valence-corrected chi connectivity index (χ1v) is 5.98. The molecule has 0 saturated carbocycles. The number of rotatable bonds is 1. The van der Waals surface area contributed by atoms with E-state index in [-0.39, 0.29) is 4.90 Å². The summed E-state index contributed by atoms with van der Waals surface area (Å²) in [5.41, 5.74) is 0.299. The average molecular weight is 243 g/mol. The van der Waals surface area contributed by atoms with E-state index in [0.29, 0.717) is 15.9 Å². The monoisotopic (exact) mass is 242 g/mol. The average Bonchev–Trinajstić information content (AvgIpc) is 2.16. The molecule has 2 aromatic rings. The van der Waals surface area contributed by atoms with Crippen LogP contribution in [0.4, 0.5) is 0 Å². The second-order valence-electron chi connectivity index (χ2n) is 2.99. The fourth-order valence-corrected chi connectivity index (χ4v) is 2.25. The van der Waals surface area contributed by atoms with Crippen LogP contribution in [0.2, 0.25) is 5.02 Å². The Morgan fingerprint density at radius 1 is 1.27 bits per heavy atom. The summed E-state index contributed by atoms with van der Waals surface area (Å²) in [7, 11) is -3.77. The molecule has 1 aromatic carbocycles. The summed E-state index contributed by atoms with van der Waals surface area (Å²) >= 11 is 5.90. The smallest absolute Gasteiger partial charge is 0.240 e. The van der Waals surface area contributed by atoms with Crippen LogP contribution in [0.3, 0.4) is 0 Å². The Hall–Kier alpha value is -1.17. The molecule has 0 aliphatic rings. The third-order valence-corrected chi connectivity index (χ3v) is 3.26. The molecule has 0 radical (unpaired) electrons. The van der Waals surface area contributed by atoms with E-state index in [2.05, 4.69) is 4.98 Å². The maximum absolute atomic E-state index is 11.3. The summed E-state index contributed by atoms with van der Waals surface area (Å²) in [5, 5.41) is 6.09. The van der Waals surface area contributed by atoms with E-state index in [9.17, 15) is 8.42 Å². The second-order valence-corrected chi connectivity index (χ2v) is 4.93. The summed E-state index contributed by atoms with van der Waals surface area (Å²) in [6, 6.07) is 6.27. The molecule has 0 saturated heterocycles. The van der Waals surface area contributed by atoms with Crippen LogP contribution in [-0.2, 0) is 10.0 Å². The maximum atomic E-state index is 11.3. The lowest BCUT2D eigenvalue weighted by Crippen LogP contribution is -2.12. The summed E-state index contributed by atoms with van der Waals surface area (Å²) in [6.07, 6.45) is 1.44. The number of sulfonamides is 1. The minimum absolute atomic E-state index is 0.0116. The SMILES string of the molecule is NS(=O)(=O)c1cccc2c(Cl)ccnc12. The van der Waals surface area contributed by atoms with Crippen LogP contribution < -0.4 is 5.14 Å². The Bertz CT molecular complexity index is 625. The summed E-state index contributed by atoms with van der Waals surface area (Å²) in [4.78, 5) is 3.95. The topological polar surface area (TPSA) is 73.1 Å². The van der Waals surface area contributed by atoms with Gasteiger partial charge in [-0.2, -0.15) is 0 Å². The maximum Gasteiger partial charge on any atom is 0.240 e. The predicted molar refractivity (Wildman–Crippen MR) is 58.1 cm³/mol. The van der Waals surface area contributed by atoms with Crippen LogP contribution in [0.1, 0.15) is 0 Å². The van der Waals surface area contributed by atoms with Gasteiger partial charge in [-0.05, 0) is 12.1 Å². The van der Waals surface area contributed by atoms with Crippen LogP contribution >= 0.6 is 11.6 Å². The van der Waals surface area contributed by atoms with Crippen molar-refractivity contribution in [3.05, 3.63) is 35.5 Å². The van der Waals surface area contributed by atoms with Crippen LogP contribution in [0.5, 0.6) is 0 Å². The van der Waals surface area contributed by atoms with Gasteiger partial charge in [0.1, 0.15) is 4.90 Å². The van der Waals surface area contributed by atoms with Gasteiger partial charge < -0.3 is 0 Å². The number of hydrogen-bond acceptors (Lipinski definition) is 3. The van der Waals surface area contributed by atoms with Crippen molar-refractivity contribution in [1.29, 1.82) is 0 Å². The van der Waals surface area contributed by atoms with Gasteiger partial charge >= 0.3 is 0 Å². The van der Waals surface area contributed by atoms with E-state index in [4.69, 9.17) is 16.7 Å². The summed E-state index contributed by atoms with van der Waals surface area (Å²) < 4.78 is 22.5. The van der Waals surface area contributed by atoms with Gasteiger partial charge in [0.2, 0.25) is 10.0 Å². The largest absolute Gasteiger partial charge is 0.255 e. The number of fused-ring (bicyclic) bond motifs is 1. The first-order valence-electron chi connectivity index (χ1n) is 4.06. The molecular formula is C9H7ClN2O2S. The molecule has 15 heavy (non-hydrogen) atoms. The van der Waals surface area contributed by atoms with Crippen molar-refractivity contribution < 1.29 is 8.42 Å². The van der Waals surface area contributed by atoms with Crippen LogP contribution in [-0.4, -0.2) is 13.4 Å². The van der Waals surface area contributed by atoms with Crippen molar-refractivity contribution in [3.8, 4) is 0 Å². The number of nitrogens with two attached hydrogens (primary N) is 1. The van der Waals surface area contributed by atoms with E-state index in [1.165, 1.54) is 12.3 Å². The highest BCUT2D eigenvalue weighted by atomic mass is 35.5. The van der Waals surface area contributed by atoms with Gasteiger partial charge in [0.25, 0.3) is 0 Å². The molecule has 2 rings (SSSR count). The molecule has 6 heteroatoms. The molecule has 0 spiro atoms. The lowest BCUT2D eigenvalue weighted by molar-refractivity contribution is 0.598. The molecular weight excluding hydrogens is 236 g/mol. The molecule has 1 heterocycles. The molecule has 0 bridgehead atoms. The minimum Gasteiger partial charge on any atom is -0.255 e. The number of hydrogen-bond donors (Lipinski definition) is 1. The van der Waals surface area contributed by atoms with Crippen molar-refractivity contribution in [2.24, 2.45) is 5.14 Å². The van der Waals surface area contributed by atoms with Crippen LogP contribution in [0, 0.1) is 0 Å². The summed E-state index contributed by atoms with van der Waals surface area (Å²) in [6.45, 7) is 0. The number of para-hydroxylation sites is 1. The first kappa shape index (κ1) is 10.4. The standard InChI is InChI=1S/C9H7ClN2O2S/c10-7-4-5-12-9-6(7)2-1-3-8(9)15(11,13)14/h1-5H,(H2,11,13,14). The fourth-order valence-electron chi connectivity index (χ4n) is 1.34. The molecule has 0 amide bonds. The molecule has 2 N–H and O–H groups in total. The Morgan fingerprint density at radius 3 is 2.67 bits per heavy atom. The second kappa shape index (κ2) is 3.44. The number of benzene rings is 1. The highest BCUT2D eigenvalue weighted by molar-refractivity contribution is 7.89. The normalized spacial score (nSPS) is 11.9. The highest BCUT2D eigenvalue weighted by Crippen LogP contribution is 2.25. The van der Waals surface area contributed by atoms with Gasteiger partial charge in [0, 0.05) is 11.6 Å². The number of aromatic nitrogens is 1. The molecule has 0 atom stereocenters. The van der Waals surface area contributed by atoms with Gasteiger partial charge in [-0.15, -0.1) is 0 Å². The molecule has 4 nitrogen and oxygen atoms in total. The van der Waals surface area contributed by atoms with Gasteiger partial charge in [-0.3, -0.25) is 4.98 Å². The van der Waals surface area contributed by atoms with E-state index in [0.717, 1.165) is 0 Å². The van der Waals surface area contributed by atoms with Crippen molar-refractivity contribution in [2.45, 2.75) is 4.90 Å². The van der Waals surface area contributed by atoms with Gasteiger partial charge in [0.05, 0.1) is 10.5 Å². The van der Waals surface area contributed by atoms with Crippen molar-refractivity contribution in [3.63, 3.8) is 0 Å². The number of halogens is 1. The lowest BCUT2D eigenvalue weighted by Gasteiger charge is -2.03. The predicted octanol–water partition coefficient (Wildman–Crippen LogP) is 1.54. The summed E-state index contributed by atoms with van der Waals surface area (Å²) in [5.74, 6) is 0. The zero-order chi connectivity index (χ0) is 11.1. The van der Waals surface area contributed by atoms with E-state index in [1.54, 1.807) is 18.2 Å². The van der Waals surface area contributed by atoms with Crippen molar-refractivity contribution in [1.82, 2.24) is 4.98 Å². The van der Waals surface area contributed by atoms with E-state index >= 15 is 0 Å². The van der Waals surface area contributed by atoms with E-state index < -0.39 is 10.0 Å². The number of nitrogens with zero attached hydrogens (tertiary/aromatic N) is 1. The zero-order valence-electron chi connectivity index (χ0n) is 7.51. The minimum atomic E-state index is -3.77. The molecule has 0 aliphatic carbocycles. The Balaban J connectivity index is 2.96. The third-order valence-electron chi connectivity index (χ3n) is 1.99. The van der Waals surface area contributed by atoms with Crippen LogP contribution in [0.15, 0.2) is 35.4 Å². The molecule has 0 aliphatic heterocycles. The third kappa shape index (κ3) is 1.81. The highest BCUT2D eigenvalue weighted by Gasteiger charge is 2.13. The Labute approximate surface area is 91.7 Å². The first-order chi connectivity index (χ1) is 7.00. The molecule has 0 unspecified atom stereocenters. The zero-order valence-corrected chi connectivity index (χ0v) is 9.09. The molecule has 0 fully saturated rings. The number of primary sulfonamides is 1. The lowest BCUT2D eigenvalue weighted by atomic mass is 10.2. The molecule has 78 valence electrons. The Morgan fingerprint density at radius 2 is 2.00 bits per heavy atom. The van der Waals surface area contributed by atoms with Gasteiger partial charge in [-0.25, -0.2) is 13.6 Å². The fraction of sp³-hybridized carbons (Fsp3) is 0. The van der Waals surface area contributed by atoms with Crippen molar-refractivity contribution >= 4 is 32.5 Å². The van der Waals surface area contributed by atoms with Crippen LogP contribution in [0.25, 0.3) is 10.9 Å². The van der Waals surface area contributed by atoms with Crippen molar-refractivity contribution in [2.75, 3.05) is 0 Å². The van der Waals surface area contributed by atoms with E-state index in [1.807, 2.05) is 0 Å². The molecule has 1 aromatic heterocycles. The number of pyridine rings is 1. The Kier molecular flexibility index (Phi) is 2.38.